The quantitative estimate of drug-likeness (QED) is 0.615. The van der Waals surface area contributed by atoms with E-state index in [0.717, 1.165) is 0 Å². The van der Waals surface area contributed by atoms with E-state index in [2.05, 4.69) is 5.32 Å². The van der Waals surface area contributed by atoms with Gasteiger partial charge >= 0.3 is 5.97 Å². The molecule has 0 aromatic heterocycles. The van der Waals surface area contributed by atoms with Crippen molar-refractivity contribution in [3.05, 3.63) is 0 Å². The second-order valence-electron chi connectivity index (χ2n) is 3.88. The summed E-state index contributed by atoms with van der Waals surface area (Å²) >= 11 is 0. The summed E-state index contributed by atoms with van der Waals surface area (Å²) < 4.78 is 0. The van der Waals surface area contributed by atoms with E-state index < -0.39 is 11.9 Å². The van der Waals surface area contributed by atoms with Crippen LogP contribution in [0.4, 0.5) is 0 Å². The summed E-state index contributed by atoms with van der Waals surface area (Å²) in [5.74, 6) is -1.49. The Morgan fingerprint density at radius 3 is 2.69 bits per heavy atom. The standard InChI is InChI=1S/C9H15NO3/c1-5(2)6-3-7(9(12)13)8(11)10-4-6/h5-7H,3-4H2,1-2H3,(H,10,11)(H,12,13)/t6-,7+/m0/s1. The number of nitrogens with one attached hydrogen (secondary N) is 1. The molecule has 0 spiro atoms. The van der Waals surface area contributed by atoms with Gasteiger partial charge in [0.15, 0.2) is 0 Å². The lowest BCUT2D eigenvalue weighted by atomic mass is 9.83. The topological polar surface area (TPSA) is 66.4 Å². The largest absolute Gasteiger partial charge is 0.481 e. The van der Waals surface area contributed by atoms with Crippen LogP contribution in [-0.2, 0) is 9.59 Å². The second-order valence-corrected chi connectivity index (χ2v) is 3.88. The van der Waals surface area contributed by atoms with Gasteiger partial charge in [0.2, 0.25) is 5.91 Å². The molecule has 1 fully saturated rings. The van der Waals surface area contributed by atoms with Crippen molar-refractivity contribution in [3.8, 4) is 0 Å². The summed E-state index contributed by atoms with van der Waals surface area (Å²) in [6, 6.07) is 0. The highest BCUT2D eigenvalue weighted by Gasteiger charge is 2.34. The van der Waals surface area contributed by atoms with Crippen molar-refractivity contribution >= 4 is 11.9 Å². The van der Waals surface area contributed by atoms with E-state index in [1.165, 1.54) is 0 Å². The molecule has 0 unspecified atom stereocenters. The van der Waals surface area contributed by atoms with Gasteiger partial charge in [0.1, 0.15) is 5.92 Å². The Kier molecular flexibility index (Phi) is 2.90. The molecule has 0 aromatic rings. The van der Waals surface area contributed by atoms with E-state index in [0.29, 0.717) is 24.8 Å². The first-order valence-electron chi connectivity index (χ1n) is 4.53. The van der Waals surface area contributed by atoms with Gasteiger partial charge in [-0.3, -0.25) is 9.59 Å². The molecule has 1 aliphatic rings. The Labute approximate surface area is 77.3 Å². The zero-order valence-electron chi connectivity index (χ0n) is 7.91. The van der Waals surface area contributed by atoms with Crippen molar-refractivity contribution in [1.29, 1.82) is 0 Å². The summed E-state index contributed by atoms with van der Waals surface area (Å²) in [6.45, 7) is 4.70. The fraction of sp³-hybridized carbons (Fsp3) is 0.778. The van der Waals surface area contributed by atoms with E-state index in [1.807, 2.05) is 13.8 Å². The molecule has 4 heteroatoms. The molecule has 1 aliphatic heterocycles. The van der Waals surface area contributed by atoms with Crippen LogP contribution in [0.25, 0.3) is 0 Å². The Morgan fingerprint density at radius 2 is 2.23 bits per heavy atom. The zero-order chi connectivity index (χ0) is 10.0. The number of rotatable bonds is 2. The highest BCUT2D eigenvalue weighted by Crippen LogP contribution is 2.23. The predicted molar refractivity (Wildman–Crippen MR) is 47.1 cm³/mol. The van der Waals surface area contributed by atoms with Crippen LogP contribution in [0.3, 0.4) is 0 Å². The number of carboxylic acids is 1. The minimum Gasteiger partial charge on any atom is -0.481 e. The molecular formula is C9H15NO3. The van der Waals surface area contributed by atoms with Gasteiger partial charge in [-0.1, -0.05) is 13.8 Å². The van der Waals surface area contributed by atoms with Crippen LogP contribution in [0.1, 0.15) is 20.3 Å². The van der Waals surface area contributed by atoms with E-state index in [4.69, 9.17) is 5.11 Å². The maximum Gasteiger partial charge on any atom is 0.316 e. The number of carboxylic acid groups (broad SMARTS) is 1. The van der Waals surface area contributed by atoms with Crippen molar-refractivity contribution in [2.24, 2.45) is 17.8 Å². The lowest BCUT2D eigenvalue weighted by molar-refractivity contribution is -0.149. The van der Waals surface area contributed by atoms with Crippen LogP contribution in [0.2, 0.25) is 0 Å². The molecule has 1 saturated heterocycles. The van der Waals surface area contributed by atoms with Crippen LogP contribution >= 0.6 is 0 Å². The molecule has 74 valence electrons. The Morgan fingerprint density at radius 1 is 1.62 bits per heavy atom. The maximum atomic E-state index is 11.1. The van der Waals surface area contributed by atoms with Gasteiger partial charge in [0, 0.05) is 6.54 Å². The molecule has 2 N–H and O–H groups in total. The van der Waals surface area contributed by atoms with Crippen LogP contribution in [0.5, 0.6) is 0 Å². The first-order valence-corrected chi connectivity index (χ1v) is 4.53. The van der Waals surface area contributed by atoms with Crippen molar-refractivity contribution in [2.75, 3.05) is 6.54 Å². The normalized spacial score (nSPS) is 28.7. The number of piperidine rings is 1. The maximum absolute atomic E-state index is 11.1. The van der Waals surface area contributed by atoms with Crippen LogP contribution < -0.4 is 5.32 Å². The van der Waals surface area contributed by atoms with Gasteiger partial charge < -0.3 is 10.4 Å². The average molecular weight is 185 g/mol. The van der Waals surface area contributed by atoms with E-state index in [-0.39, 0.29) is 5.91 Å². The van der Waals surface area contributed by atoms with Crippen LogP contribution in [0.15, 0.2) is 0 Å². The van der Waals surface area contributed by atoms with Gasteiger partial charge in [-0.15, -0.1) is 0 Å². The molecule has 13 heavy (non-hydrogen) atoms. The Balaban J connectivity index is 2.63. The molecule has 1 heterocycles. The van der Waals surface area contributed by atoms with Gasteiger partial charge in [0.05, 0.1) is 0 Å². The summed E-state index contributed by atoms with van der Waals surface area (Å²) in [6.07, 6.45) is 0.471. The summed E-state index contributed by atoms with van der Waals surface area (Å²) in [7, 11) is 0. The predicted octanol–water partition coefficient (Wildman–Crippen LogP) is 0.479. The minimum absolute atomic E-state index is 0.291. The highest BCUT2D eigenvalue weighted by atomic mass is 16.4. The molecule has 0 aliphatic carbocycles. The monoisotopic (exact) mass is 185 g/mol. The molecule has 0 radical (unpaired) electrons. The molecular weight excluding hydrogens is 170 g/mol. The minimum atomic E-state index is -1.01. The van der Waals surface area contributed by atoms with E-state index >= 15 is 0 Å². The third-order valence-corrected chi connectivity index (χ3v) is 2.63. The third-order valence-electron chi connectivity index (χ3n) is 2.63. The molecule has 0 aromatic carbocycles. The molecule has 1 rings (SSSR count). The zero-order valence-corrected chi connectivity index (χ0v) is 7.91. The van der Waals surface area contributed by atoms with E-state index in [1.54, 1.807) is 0 Å². The fourth-order valence-electron chi connectivity index (χ4n) is 1.57. The van der Waals surface area contributed by atoms with Crippen molar-refractivity contribution in [1.82, 2.24) is 5.32 Å². The molecule has 1 amide bonds. The SMILES string of the molecule is CC(C)[C@@H]1CNC(=O)[C@H](C(=O)O)C1. The summed E-state index contributed by atoms with van der Waals surface area (Å²) in [5, 5.41) is 11.4. The van der Waals surface area contributed by atoms with Crippen LogP contribution in [-0.4, -0.2) is 23.5 Å². The highest BCUT2D eigenvalue weighted by molar-refractivity contribution is 5.97. The van der Waals surface area contributed by atoms with Crippen LogP contribution in [0, 0.1) is 17.8 Å². The van der Waals surface area contributed by atoms with Gasteiger partial charge in [-0.05, 0) is 18.3 Å². The molecule has 2 atom stereocenters. The van der Waals surface area contributed by atoms with Gasteiger partial charge in [0.25, 0.3) is 0 Å². The van der Waals surface area contributed by atoms with Gasteiger partial charge in [-0.2, -0.15) is 0 Å². The van der Waals surface area contributed by atoms with Crippen molar-refractivity contribution in [3.63, 3.8) is 0 Å². The molecule has 0 bridgehead atoms. The lowest BCUT2D eigenvalue weighted by Gasteiger charge is -2.29. The average Bonchev–Trinajstić information content (AvgIpc) is 2.04. The number of hydrogen-bond donors (Lipinski definition) is 2. The smallest absolute Gasteiger partial charge is 0.316 e. The fourth-order valence-corrected chi connectivity index (χ4v) is 1.57. The molecule has 4 nitrogen and oxygen atoms in total. The first-order chi connectivity index (χ1) is 6.02. The van der Waals surface area contributed by atoms with Crippen molar-refractivity contribution < 1.29 is 14.7 Å². The number of amides is 1. The lowest BCUT2D eigenvalue weighted by Crippen LogP contribution is -2.46. The molecule has 0 saturated carbocycles. The number of aliphatic carboxylic acids is 1. The first kappa shape index (κ1) is 10.0. The number of carbonyl (C=O) groups is 2. The number of hydrogen-bond acceptors (Lipinski definition) is 2. The third kappa shape index (κ3) is 2.20. The Hall–Kier alpha value is -1.06. The number of carbonyl (C=O) groups excluding carboxylic acids is 1. The summed E-state index contributed by atoms with van der Waals surface area (Å²) in [5.41, 5.74) is 0. The van der Waals surface area contributed by atoms with Gasteiger partial charge in [-0.25, -0.2) is 0 Å². The van der Waals surface area contributed by atoms with Crippen molar-refractivity contribution in [2.45, 2.75) is 20.3 Å². The summed E-state index contributed by atoms with van der Waals surface area (Å²) in [4.78, 5) is 21.8. The second kappa shape index (κ2) is 3.77. The Bertz CT molecular complexity index is 225. The van der Waals surface area contributed by atoms with E-state index in [9.17, 15) is 9.59 Å².